The highest BCUT2D eigenvalue weighted by atomic mass is 35.5. The third-order valence-electron chi connectivity index (χ3n) is 2.82. The van der Waals surface area contributed by atoms with Gasteiger partial charge < -0.3 is 10.4 Å². The molecule has 0 bridgehead atoms. The number of hydrogen-bond donors (Lipinski definition) is 3. The van der Waals surface area contributed by atoms with E-state index in [4.69, 9.17) is 16.7 Å². The molecule has 20 heavy (non-hydrogen) atoms. The van der Waals surface area contributed by atoms with Gasteiger partial charge in [0.2, 0.25) is 0 Å². The van der Waals surface area contributed by atoms with E-state index in [-0.39, 0.29) is 16.5 Å². The van der Waals surface area contributed by atoms with Gasteiger partial charge in [0, 0.05) is 5.69 Å². The predicted octanol–water partition coefficient (Wildman–Crippen LogP) is 2.63. The molecular weight excluding hydrogens is 282 g/mol. The van der Waals surface area contributed by atoms with Crippen LogP contribution >= 0.6 is 11.6 Å². The molecule has 104 valence electrons. The van der Waals surface area contributed by atoms with Crippen molar-refractivity contribution in [3.63, 3.8) is 0 Å². The number of amides is 1. The summed E-state index contributed by atoms with van der Waals surface area (Å²) in [6.07, 6.45) is 0. The molecule has 6 nitrogen and oxygen atoms in total. The fourth-order valence-electron chi connectivity index (χ4n) is 1.82. The van der Waals surface area contributed by atoms with Crippen LogP contribution in [0.1, 0.15) is 32.1 Å². The van der Waals surface area contributed by atoms with Gasteiger partial charge in [0.15, 0.2) is 0 Å². The van der Waals surface area contributed by atoms with Gasteiger partial charge in [-0.25, -0.2) is 4.79 Å². The van der Waals surface area contributed by atoms with Crippen LogP contribution in [0.25, 0.3) is 0 Å². The van der Waals surface area contributed by atoms with E-state index in [1.54, 1.807) is 13.8 Å². The molecule has 0 saturated heterocycles. The maximum atomic E-state index is 12.1. The van der Waals surface area contributed by atoms with E-state index in [1.807, 2.05) is 0 Å². The summed E-state index contributed by atoms with van der Waals surface area (Å²) in [5.74, 6) is -1.43. The number of carbonyl (C=O) groups excluding carboxylic acids is 1. The van der Waals surface area contributed by atoms with Gasteiger partial charge in [-0.2, -0.15) is 5.10 Å². The van der Waals surface area contributed by atoms with Crippen LogP contribution in [0.4, 0.5) is 5.69 Å². The SMILES string of the molecule is Cc1n[nH]c(C)c1C(=O)Nc1ccc(C(=O)O)cc1Cl. The summed E-state index contributed by atoms with van der Waals surface area (Å²) in [4.78, 5) is 22.9. The van der Waals surface area contributed by atoms with Crippen LogP contribution in [0.5, 0.6) is 0 Å². The molecule has 0 radical (unpaired) electrons. The lowest BCUT2D eigenvalue weighted by Crippen LogP contribution is -2.14. The number of carboxylic acids is 1. The van der Waals surface area contributed by atoms with Crippen LogP contribution in [0.3, 0.4) is 0 Å². The average molecular weight is 294 g/mol. The Morgan fingerprint density at radius 3 is 2.55 bits per heavy atom. The van der Waals surface area contributed by atoms with E-state index in [0.717, 1.165) is 0 Å². The Bertz CT molecular complexity index is 675. The third kappa shape index (κ3) is 2.65. The van der Waals surface area contributed by atoms with Crippen molar-refractivity contribution in [2.45, 2.75) is 13.8 Å². The molecule has 0 aliphatic rings. The molecule has 0 aliphatic heterocycles. The number of aryl methyl sites for hydroxylation is 2. The first-order valence-corrected chi connectivity index (χ1v) is 6.13. The van der Waals surface area contributed by atoms with Crippen molar-refractivity contribution in [1.82, 2.24) is 10.2 Å². The van der Waals surface area contributed by atoms with Crippen LogP contribution in [0, 0.1) is 13.8 Å². The molecule has 0 unspecified atom stereocenters. The molecule has 3 N–H and O–H groups in total. The van der Waals surface area contributed by atoms with Crippen molar-refractivity contribution in [3.8, 4) is 0 Å². The van der Waals surface area contributed by atoms with Gasteiger partial charge in [-0.05, 0) is 32.0 Å². The van der Waals surface area contributed by atoms with Crippen molar-refractivity contribution in [1.29, 1.82) is 0 Å². The Kier molecular flexibility index (Phi) is 3.76. The van der Waals surface area contributed by atoms with E-state index >= 15 is 0 Å². The Morgan fingerprint density at radius 2 is 2.05 bits per heavy atom. The van der Waals surface area contributed by atoms with E-state index in [0.29, 0.717) is 22.6 Å². The number of H-pyrrole nitrogens is 1. The number of carbonyl (C=O) groups is 2. The summed E-state index contributed by atoms with van der Waals surface area (Å²) in [6, 6.07) is 4.11. The van der Waals surface area contributed by atoms with Crippen molar-refractivity contribution >= 4 is 29.2 Å². The summed E-state index contributed by atoms with van der Waals surface area (Å²) < 4.78 is 0. The van der Waals surface area contributed by atoms with Gasteiger partial charge >= 0.3 is 5.97 Å². The zero-order chi connectivity index (χ0) is 14.9. The smallest absolute Gasteiger partial charge is 0.335 e. The summed E-state index contributed by atoms with van der Waals surface area (Å²) in [5.41, 5.74) is 2.09. The number of nitrogens with one attached hydrogen (secondary N) is 2. The lowest BCUT2D eigenvalue weighted by Gasteiger charge is -2.08. The number of anilines is 1. The molecule has 0 atom stereocenters. The Morgan fingerprint density at radius 1 is 1.35 bits per heavy atom. The fraction of sp³-hybridized carbons (Fsp3) is 0.154. The normalized spacial score (nSPS) is 10.3. The van der Waals surface area contributed by atoms with Crippen LogP contribution in [0.15, 0.2) is 18.2 Å². The minimum atomic E-state index is -1.08. The van der Waals surface area contributed by atoms with E-state index < -0.39 is 5.97 Å². The number of benzene rings is 1. The molecule has 0 aliphatic carbocycles. The molecule has 0 spiro atoms. The minimum absolute atomic E-state index is 0.0590. The summed E-state index contributed by atoms with van der Waals surface area (Å²) in [5, 5.41) is 18.3. The molecule has 1 heterocycles. The average Bonchev–Trinajstić information content (AvgIpc) is 2.71. The zero-order valence-corrected chi connectivity index (χ0v) is 11.6. The molecule has 1 aromatic heterocycles. The van der Waals surface area contributed by atoms with Gasteiger partial charge in [-0.3, -0.25) is 9.89 Å². The third-order valence-corrected chi connectivity index (χ3v) is 3.13. The van der Waals surface area contributed by atoms with E-state index in [2.05, 4.69) is 15.5 Å². The lowest BCUT2D eigenvalue weighted by atomic mass is 10.1. The number of aromatic amines is 1. The lowest BCUT2D eigenvalue weighted by molar-refractivity contribution is 0.0696. The summed E-state index contributed by atoms with van der Waals surface area (Å²) >= 11 is 5.96. The van der Waals surface area contributed by atoms with Gasteiger partial charge in [0.25, 0.3) is 5.91 Å². The number of aromatic carboxylic acids is 1. The fourth-order valence-corrected chi connectivity index (χ4v) is 2.05. The number of halogens is 1. The molecule has 1 amide bonds. The maximum Gasteiger partial charge on any atom is 0.335 e. The second-order valence-corrected chi connectivity index (χ2v) is 4.67. The molecular formula is C13H12ClN3O3. The largest absolute Gasteiger partial charge is 0.478 e. The van der Waals surface area contributed by atoms with Gasteiger partial charge in [0.05, 0.1) is 27.5 Å². The Balaban J connectivity index is 2.27. The number of nitrogens with zero attached hydrogens (tertiary/aromatic N) is 1. The Hall–Kier alpha value is -2.34. The number of carboxylic acid groups (broad SMARTS) is 1. The van der Waals surface area contributed by atoms with Crippen LogP contribution < -0.4 is 5.32 Å². The predicted molar refractivity (Wildman–Crippen MR) is 74.4 cm³/mol. The first kappa shape index (κ1) is 14.1. The van der Waals surface area contributed by atoms with E-state index in [1.165, 1.54) is 18.2 Å². The highest BCUT2D eigenvalue weighted by Gasteiger charge is 2.17. The molecule has 0 fully saturated rings. The zero-order valence-electron chi connectivity index (χ0n) is 10.8. The number of aromatic nitrogens is 2. The van der Waals surface area contributed by atoms with Gasteiger partial charge in [-0.15, -0.1) is 0 Å². The highest BCUT2D eigenvalue weighted by Crippen LogP contribution is 2.24. The second-order valence-electron chi connectivity index (χ2n) is 4.26. The highest BCUT2D eigenvalue weighted by molar-refractivity contribution is 6.34. The standard InChI is InChI=1S/C13H12ClN3O3/c1-6-11(7(2)17-16-6)12(18)15-10-4-3-8(13(19)20)5-9(10)14/h3-5H,1-2H3,(H,15,18)(H,16,17)(H,19,20). The van der Waals surface area contributed by atoms with Gasteiger partial charge in [-0.1, -0.05) is 11.6 Å². The molecule has 0 saturated carbocycles. The molecule has 1 aromatic carbocycles. The maximum absolute atomic E-state index is 12.1. The van der Waals surface area contributed by atoms with Crippen LogP contribution in [-0.4, -0.2) is 27.2 Å². The van der Waals surface area contributed by atoms with Crippen molar-refractivity contribution in [2.75, 3.05) is 5.32 Å². The van der Waals surface area contributed by atoms with Crippen molar-refractivity contribution < 1.29 is 14.7 Å². The second kappa shape index (κ2) is 5.34. The quantitative estimate of drug-likeness (QED) is 0.810. The first-order valence-electron chi connectivity index (χ1n) is 5.76. The van der Waals surface area contributed by atoms with Crippen molar-refractivity contribution in [3.05, 3.63) is 45.7 Å². The monoisotopic (exact) mass is 293 g/mol. The number of hydrogen-bond acceptors (Lipinski definition) is 3. The first-order chi connectivity index (χ1) is 9.40. The van der Waals surface area contributed by atoms with Crippen LogP contribution in [0.2, 0.25) is 5.02 Å². The number of rotatable bonds is 3. The minimum Gasteiger partial charge on any atom is -0.478 e. The summed E-state index contributed by atoms with van der Waals surface area (Å²) in [6.45, 7) is 3.46. The van der Waals surface area contributed by atoms with Gasteiger partial charge in [0.1, 0.15) is 0 Å². The molecule has 2 rings (SSSR count). The molecule has 2 aromatic rings. The summed E-state index contributed by atoms with van der Waals surface area (Å²) in [7, 11) is 0. The van der Waals surface area contributed by atoms with Crippen molar-refractivity contribution in [2.24, 2.45) is 0 Å². The topological polar surface area (TPSA) is 95.1 Å². The van der Waals surface area contributed by atoms with Crippen LogP contribution in [-0.2, 0) is 0 Å². The molecule has 7 heteroatoms. The Labute approximate surface area is 119 Å². The van der Waals surface area contributed by atoms with E-state index in [9.17, 15) is 9.59 Å².